The first kappa shape index (κ1) is 23.7. The van der Waals surface area contributed by atoms with E-state index in [2.05, 4.69) is 22.4 Å². The molecular formula is C14H28N2O5PS2-. The number of alkyl carbamates (subject to hydrolysis) is 1. The van der Waals surface area contributed by atoms with E-state index >= 15 is 0 Å². The van der Waals surface area contributed by atoms with Crippen LogP contribution in [0.15, 0.2) is 0 Å². The van der Waals surface area contributed by atoms with Gasteiger partial charge in [-0.1, -0.05) is 24.6 Å². The largest absolute Gasteiger partial charge is 0.801 e. The van der Waals surface area contributed by atoms with Crippen LogP contribution in [-0.2, 0) is 25.9 Å². The van der Waals surface area contributed by atoms with Gasteiger partial charge in [-0.3, -0.25) is 4.79 Å². The third-order valence-corrected chi connectivity index (χ3v) is 4.44. The van der Waals surface area contributed by atoms with E-state index in [4.69, 9.17) is 9.26 Å². The number of carbonyl (C=O) groups is 2. The molecule has 0 heterocycles. The Bertz CT molecular complexity index is 407. The molecule has 0 aromatic carbocycles. The van der Waals surface area contributed by atoms with Gasteiger partial charge in [0.2, 0.25) is 5.91 Å². The number of thioether (sulfide) groups is 1. The third kappa shape index (κ3) is 18.0. The summed E-state index contributed by atoms with van der Waals surface area (Å²) >= 11 is 6.27. The standard InChI is InChI=1S/C14H29N2O5PS2/c1-22(19,23)21-10-6-4-3-5-8-16-14(18)20-11-9-15-13(17)7-12-24-2/h3-12H2,1-2H3,(H,15,17)(H,16,18)(H,19,23)/p-1. The summed E-state index contributed by atoms with van der Waals surface area (Å²) in [4.78, 5) is 33.8. The Morgan fingerprint density at radius 3 is 2.50 bits per heavy atom. The Hall–Kier alpha value is -0.340. The van der Waals surface area contributed by atoms with Gasteiger partial charge in [0, 0.05) is 18.7 Å². The van der Waals surface area contributed by atoms with Crippen molar-refractivity contribution < 1.29 is 23.7 Å². The first-order valence-electron chi connectivity index (χ1n) is 7.94. The normalized spacial score (nSPS) is 13.1. The summed E-state index contributed by atoms with van der Waals surface area (Å²) in [5.41, 5.74) is 0. The van der Waals surface area contributed by atoms with Crippen molar-refractivity contribution in [3.05, 3.63) is 0 Å². The lowest BCUT2D eigenvalue weighted by Crippen LogP contribution is -2.31. The van der Waals surface area contributed by atoms with Crippen molar-refractivity contribution in [2.75, 3.05) is 45.0 Å². The van der Waals surface area contributed by atoms with E-state index in [1.807, 2.05) is 6.26 Å². The quantitative estimate of drug-likeness (QED) is 0.337. The van der Waals surface area contributed by atoms with Crippen LogP contribution < -0.4 is 15.5 Å². The zero-order chi connectivity index (χ0) is 18.3. The summed E-state index contributed by atoms with van der Waals surface area (Å²) in [6, 6.07) is 0. The van der Waals surface area contributed by atoms with E-state index in [1.54, 1.807) is 11.8 Å². The van der Waals surface area contributed by atoms with Crippen LogP contribution in [0.3, 0.4) is 0 Å². The topological polar surface area (TPSA) is 99.7 Å². The Morgan fingerprint density at radius 2 is 1.83 bits per heavy atom. The van der Waals surface area contributed by atoms with E-state index in [1.165, 1.54) is 6.66 Å². The van der Waals surface area contributed by atoms with Crippen molar-refractivity contribution in [1.82, 2.24) is 10.6 Å². The molecule has 1 atom stereocenters. The second-order valence-corrected chi connectivity index (χ2v) is 9.95. The molecule has 10 heteroatoms. The SMILES string of the molecule is CSCCC(=O)NCCOC(=O)NCCCCCCOP(C)([O-])=S. The third-order valence-electron chi connectivity index (χ3n) is 2.86. The molecule has 2 N–H and O–H groups in total. The fourth-order valence-corrected chi connectivity index (χ4v) is 2.74. The number of hydrogen-bond donors (Lipinski definition) is 2. The molecule has 24 heavy (non-hydrogen) atoms. The zero-order valence-electron chi connectivity index (χ0n) is 14.4. The van der Waals surface area contributed by atoms with Crippen molar-refractivity contribution >= 4 is 42.1 Å². The van der Waals surface area contributed by atoms with Crippen LogP contribution >= 0.6 is 18.3 Å². The molecule has 0 aliphatic heterocycles. The number of carbonyl (C=O) groups excluding carboxylic acids is 2. The molecule has 0 saturated heterocycles. The van der Waals surface area contributed by atoms with Gasteiger partial charge in [0.15, 0.2) is 0 Å². The molecule has 0 fully saturated rings. The second kappa shape index (κ2) is 15.0. The lowest BCUT2D eigenvalue weighted by atomic mass is 10.2. The summed E-state index contributed by atoms with van der Waals surface area (Å²) in [5, 5.41) is 5.33. The monoisotopic (exact) mass is 399 g/mol. The molecule has 0 aliphatic carbocycles. The van der Waals surface area contributed by atoms with E-state index in [-0.39, 0.29) is 12.5 Å². The molecule has 0 spiro atoms. The Labute approximate surface area is 153 Å². The summed E-state index contributed by atoms with van der Waals surface area (Å²) in [7, 11) is 0. The maximum absolute atomic E-state index is 11.4. The molecule has 0 rings (SSSR count). The minimum Gasteiger partial charge on any atom is -0.801 e. The summed E-state index contributed by atoms with van der Waals surface area (Å²) in [5.74, 6) is 0.748. The number of nitrogens with one attached hydrogen (secondary N) is 2. The molecule has 1 unspecified atom stereocenters. The molecule has 142 valence electrons. The highest BCUT2D eigenvalue weighted by molar-refractivity contribution is 8.08. The van der Waals surface area contributed by atoms with Crippen molar-refractivity contribution in [1.29, 1.82) is 0 Å². The van der Waals surface area contributed by atoms with Gasteiger partial charge >= 0.3 is 6.09 Å². The zero-order valence-corrected chi connectivity index (χ0v) is 16.9. The fraction of sp³-hybridized carbons (Fsp3) is 0.857. The molecular weight excluding hydrogens is 371 g/mol. The first-order chi connectivity index (χ1) is 11.3. The summed E-state index contributed by atoms with van der Waals surface area (Å²) in [6.45, 7) is 0.0709. The first-order valence-corrected chi connectivity index (χ1v) is 12.4. The lowest BCUT2D eigenvalue weighted by Gasteiger charge is -2.22. The molecule has 0 radical (unpaired) electrons. The van der Waals surface area contributed by atoms with Gasteiger partial charge in [-0.25, -0.2) is 4.79 Å². The Kier molecular flexibility index (Phi) is 14.7. The van der Waals surface area contributed by atoms with Gasteiger partial charge in [0.1, 0.15) is 6.61 Å². The van der Waals surface area contributed by atoms with E-state index in [9.17, 15) is 14.5 Å². The molecule has 0 bridgehead atoms. The number of unbranched alkanes of at least 4 members (excludes halogenated alkanes) is 3. The van der Waals surface area contributed by atoms with Crippen LogP contribution in [-0.4, -0.2) is 57.0 Å². The highest BCUT2D eigenvalue weighted by Gasteiger charge is 2.03. The van der Waals surface area contributed by atoms with Gasteiger partial charge < -0.3 is 24.8 Å². The van der Waals surface area contributed by atoms with Crippen molar-refractivity contribution in [2.24, 2.45) is 0 Å². The number of rotatable bonds is 14. The van der Waals surface area contributed by atoms with E-state index in [0.717, 1.165) is 31.4 Å². The summed E-state index contributed by atoms with van der Waals surface area (Å²) < 4.78 is 9.96. The van der Waals surface area contributed by atoms with Crippen molar-refractivity contribution in [3.63, 3.8) is 0 Å². The number of amides is 2. The van der Waals surface area contributed by atoms with E-state index in [0.29, 0.717) is 26.1 Å². The number of ether oxygens (including phenoxy) is 1. The van der Waals surface area contributed by atoms with Crippen LogP contribution in [0.5, 0.6) is 0 Å². The minimum absolute atomic E-state index is 0.0344. The highest BCUT2D eigenvalue weighted by atomic mass is 32.5. The van der Waals surface area contributed by atoms with Gasteiger partial charge in [-0.2, -0.15) is 11.8 Å². The molecule has 7 nitrogen and oxygen atoms in total. The maximum Gasteiger partial charge on any atom is 0.407 e. The second-order valence-electron chi connectivity index (χ2n) is 5.17. The van der Waals surface area contributed by atoms with Gasteiger partial charge in [0.25, 0.3) is 0 Å². The average Bonchev–Trinajstić information content (AvgIpc) is 2.51. The predicted molar refractivity (Wildman–Crippen MR) is 100.0 cm³/mol. The average molecular weight is 399 g/mol. The van der Waals surface area contributed by atoms with Gasteiger partial charge in [0.05, 0.1) is 13.2 Å². The van der Waals surface area contributed by atoms with Crippen LogP contribution in [0.1, 0.15) is 32.1 Å². The van der Waals surface area contributed by atoms with Crippen molar-refractivity contribution in [3.8, 4) is 0 Å². The smallest absolute Gasteiger partial charge is 0.407 e. The van der Waals surface area contributed by atoms with Crippen molar-refractivity contribution in [2.45, 2.75) is 32.1 Å². The highest BCUT2D eigenvalue weighted by Crippen LogP contribution is 2.31. The minimum atomic E-state index is -2.78. The molecule has 0 aromatic rings. The molecule has 0 saturated carbocycles. The van der Waals surface area contributed by atoms with Crippen LogP contribution in [0.25, 0.3) is 0 Å². The number of hydrogen-bond acceptors (Lipinski definition) is 7. The lowest BCUT2D eigenvalue weighted by molar-refractivity contribution is -0.180. The Morgan fingerprint density at radius 1 is 1.12 bits per heavy atom. The summed E-state index contributed by atoms with van der Waals surface area (Å²) in [6.07, 6.45) is 5.43. The molecule has 0 aliphatic rings. The van der Waals surface area contributed by atoms with Crippen LogP contribution in [0.2, 0.25) is 0 Å². The van der Waals surface area contributed by atoms with E-state index < -0.39 is 12.6 Å². The Balaban J connectivity index is 3.35. The fourth-order valence-electron chi connectivity index (χ4n) is 1.67. The van der Waals surface area contributed by atoms with Gasteiger partial charge in [-0.05, 0) is 32.3 Å². The maximum atomic E-state index is 11.4. The molecule has 0 aromatic heterocycles. The molecule has 2 amide bonds. The predicted octanol–water partition coefficient (Wildman–Crippen LogP) is 1.46. The van der Waals surface area contributed by atoms with Crippen LogP contribution in [0, 0.1) is 0 Å². The van der Waals surface area contributed by atoms with Gasteiger partial charge in [-0.15, -0.1) is 0 Å². The van der Waals surface area contributed by atoms with Crippen LogP contribution in [0.4, 0.5) is 4.79 Å².